The SMILES string of the molecule is C=C1CC=C(c2ccccc2)c2cc(Cl)ccc2N1CC1CC1. The Balaban J connectivity index is 1.84. The molecule has 23 heavy (non-hydrogen) atoms. The van der Waals surface area contributed by atoms with Crippen LogP contribution in [0.5, 0.6) is 0 Å². The summed E-state index contributed by atoms with van der Waals surface area (Å²) < 4.78 is 0. The van der Waals surface area contributed by atoms with Crippen LogP contribution in [0.2, 0.25) is 5.02 Å². The van der Waals surface area contributed by atoms with Gasteiger partial charge in [0, 0.05) is 34.9 Å². The predicted octanol–water partition coefficient (Wildman–Crippen LogP) is 5.91. The number of rotatable bonds is 3. The van der Waals surface area contributed by atoms with Crippen molar-refractivity contribution in [2.45, 2.75) is 19.3 Å². The highest BCUT2D eigenvalue weighted by atomic mass is 35.5. The number of anilines is 1. The molecule has 2 heteroatoms. The van der Waals surface area contributed by atoms with Gasteiger partial charge in [-0.1, -0.05) is 54.6 Å². The van der Waals surface area contributed by atoms with Crippen molar-refractivity contribution < 1.29 is 0 Å². The van der Waals surface area contributed by atoms with Crippen molar-refractivity contribution in [3.8, 4) is 0 Å². The first kappa shape index (κ1) is 14.6. The first-order valence-electron chi connectivity index (χ1n) is 8.23. The number of nitrogens with zero attached hydrogens (tertiary/aromatic N) is 1. The average molecular weight is 322 g/mol. The zero-order valence-corrected chi connectivity index (χ0v) is 13.9. The van der Waals surface area contributed by atoms with E-state index in [0.29, 0.717) is 0 Å². The monoisotopic (exact) mass is 321 g/mol. The molecule has 0 aromatic heterocycles. The molecule has 1 nitrogen and oxygen atoms in total. The summed E-state index contributed by atoms with van der Waals surface area (Å²) in [6, 6.07) is 16.8. The summed E-state index contributed by atoms with van der Waals surface area (Å²) in [5.41, 5.74) is 6.10. The van der Waals surface area contributed by atoms with Crippen molar-refractivity contribution in [1.82, 2.24) is 0 Å². The van der Waals surface area contributed by atoms with E-state index >= 15 is 0 Å². The van der Waals surface area contributed by atoms with Gasteiger partial charge in [0.2, 0.25) is 0 Å². The van der Waals surface area contributed by atoms with Crippen LogP contribution in [0.15, 0.2) is 66.9 Å². The molecule has 0 N–H and O–H groups in total. The lowest BCUT2D eigenvalue weighted by molar-refractivity contribution is 0.778. The number of benzene rings is 2. The lowest BCUT2D eigenvalue weighted by atomic mass is 9.96. The number of allylic oxidation sites excluding steroid dienone is 1. The van der Waals surface area contributed by atoms with Crippen molar-refractivity contribution in [2.24, 2.45) is 5.92 Å². The van der Waals surface area contributed by atoms with Gasteiger partial charge in [0.1, 0.15) is 0 Å². The van der Waals surface area contributed by atoms with Crippen molar-refractivity contribution in [3.63, 3.8) is 0 Å². The van der Waals surface area contributed by atoms with E-state index in [4.69, 9.17) is 11.6 Å². The highest BCUT2D eigenvalue weighted by Gasteiger charge is 2.28. The zero-order chi connectivity index (χ0) is 15.8. The molecule has 0 spiro atoms. The average Bonchev–Trinajstić information content (AvgIpc) is 3.39. The highest BCUT2D eigenvalue weighted by molar-refractivity contribution is 6.31. The van der Waals surface area contributed by atoms with Crippen LogP contribution in [0.4, 0.5) is 5.69 Å². The maximum Gasteiger partial charge on any atom is 0.0489 e. The first-order valence-corrected chi connectivity index (χ1v) is 8.61. The molecule has 0 saturated heterocycles. The van der Waals surface area contributed by atoms with Crippen molar-refractivity contribution >= 4 is 22.9 Å². The largest absolute Gasteiger partial charge is 0.345 e. The van der Waals surface area contributed by atoms with Crippen LogP contribution >= 0.6 is 11.6 Å². The fourth-order valence-corrected chi connectivity index (χ4v) is 3.42. The molecule has 0 bridgehead atoms. The zero-order valence-electron chi connectivity index (χ0n) is 13.1. The quantitative estimate of drug-likeness (QED) is 0.679. The second-order valence-corrected chi connectivity index (χ2v) is 6.91. The predicted molar refractivity (Wildman–Crippen MR) is 98.8 cm³/mol. The lowest BCUT2D eigenvalue weighted by Gasteiger charge is -2.27. The third-order valence-electron chi connectivity index (χ3n) is 4.69. The molecular weight excluding hydrogens is 302 g/mol. The lowest BCUT2D eigenvalue weighted by Crippen LogP contribution is -2.24. The van der Waals surface area contributed by atoms with Gasteiger partial charge in [-0.3, -0.25) is 0 Å². The molecule has 0 amide bonds. The molecule has 0 atom stereocenters. The maximum atomic E-state index is 6.32. The Kier molecular flexibility index (Phi) is 3.74. The number of halogens is 1. The normalized spacial score (nSPS) is 17.5. The maximum absolute atomic E-state index is 6.32. The van der Waals surface area contributed by atoms with Crippen LogP contribution < -0.4 is 4.90 Å². The molecule has 1 aliphatic carbocycles. The summed E-state index contributed by atoms with van der Waals surface area (Å²) in [7, 11) is 0. The van der Waals surface area contributed by atoms with Crippen LogP contribution in [0.3, 0.4) is 0 Å². The Hall–Kier alpha value is -1.99. The minimum atomic E-state index is 0.782. The molecule has 1 heterocycles. The van der Waals surface area contributed by atoms with Crippen LogP contribution in [-0.4, -0.2) is 6.54 Å². The third kappa shape index (κ3) is 2.94. The summed E-state index contributed by atoms with van der Waals surface area (Å²) in [6.45, 7) is 5.41. The fraction of sp³-hybridized carbons (Fsp3) is 0.238. The molecule has 1 saturated carbocycles. The number of fused-ring (bicyclic) bond motifs is 1. The van der Waals surface area contributed by atoms with Crippen molar-refractivity contribution in [3.05, 3.63) is 83.0 Å². The molecule has 0 radical (unpaired) electrons. The standard InChI is InChI=1S/C21H20ClN/c1-15-7-11-19(17-5-3-2-4-6-17)20-13-18(22)10-12-21(20)23(15)14-16-8-9-16/h2-6,10-13,16H,1,7-9,14H2. The Labute approximate surface area is 142 Å². The van der Waals surface area contributed by atoms with Gasteiger partial charge in [-0.25, -0.2) is 0 Å². The minimum absolute atomic E-state index is 0.782. The molecule has 2 aliphatic rings. The van der Waals surface area contributed by atoms with Crippen molar-refractivity contribution in [1.29, 1.82) is 0 Å². The van der Waals surface area contributed by atoms with E-state index in [1.165, 1.54) is 40.9 Å². The highest BCUT2D eigenvalue weighted by Crippen LogP contribution is 2.41. The third-order valence-corrected chi connectivity index (χ3v) is 4.92. The van der Waals surface area contributed by atoms with Gasteiger partial charge in [0.15, 0.2) is 0 Å². The van der Waals surface area contributed by atoms with E-state index < -0.39 is 0 Å². The fourth-order valence-electron chi connectivity index (χ4n) is 3.25. The Morgan fingerprint density at radius 1 is 1.09 bits per heavy atom. The second-order valence-electron chi connectivity index (χ2n) is 6.47. The Bertz CT molecular complexity index is 772. The summed E-state index contributed by atoms with van der Waals surface area (Å²) in [5, 5.41) is 0.782. The van der Waals surface area contributed by atoms with E-state index in [1.54, 1.807) is 0 Å². The van der Waals surface area contributed by atoms with Crippen LogP contribution in [0.1, 0.15) is 30.4 Å². The van der Waals surface area contributed by atoms with E-state index in [-0.39, 0.29) is 0 Å². The van der Waals surface area contributed by atoms with Gasteiger partial charge >= 0.3 is 0 Å². The van der Waals surface area contributed by atoms with Crippen LogP contribution in [0.25, 0.3) is 5.57 Å². The van der Waals surface area contributed by atoms with E-state index in [9.17, 15) is 0 Å². The van der Waals surface area contributed by atoms with Gasteiger partial charge in [-0.15, -0.1) is 0 Å². The van der Waals surface area contributed by atoms with Crippen LogP contribution in [-0.2, 0) is 0 Å². The smallest absolute Gasteiger partial charge is 0.0489 e. The van der Waals surface area contributed by atoms with Gasteiger partial charge in [-0.05, 0) is 48.1 Å². The van der Waals surface area contributed by atoms with Gasteiger partial charge in [0.05, 0.1) is 0 Å². The van der Waals surface area contributed by atoms with Gasteiger partial charge < -0.3 is 4.90 Å². The van der Waals surface area contributed by atoms with E-state index in [1.807, 2.05) is 6.07 Å². The summed E-state index contributed by atoms with van der Waals surface area (Å²) in [6.07, 6.45) is 5.85. The van der Waals surface area contributed by atoms with Crippen molar-refractivity contribution in [2.75, 3.05) is 11.4 Å². The molecule has 4 rings (SSSR count). The molecule has 116 valence electrons. The Morgan fingerprint density at radius 3 is 2.61 bits per heavy atom. The summed E-state index contributed by atoms with van der Waals surface area (Å²) in [4.78, 5) is 2.40. The topological polar surface area (TPSA) is 3.24 Å². The molecule has 0 unspecified atom stereocenters. The summed E-state index contributed by atoms with van der Waals surface area (Å²) >= 11 is 6.32. The van der Waals surface area contributed by atoms with Gasteiger partial charge in [-0.2, -0.15) is 0 Å². The Morgan fingerprint density at radius 2 is 1.87 bits per heavy atom. The number of hydrogen-bond acceptors (Lipinski definition) is 1. The van der Waals surface area contributed by atoms with Gasteiger partial charge in [0.25, 0.3) is 0 Å². The number of hydrogen-bond donors (Lipinski definition) is 0. The molecule has 2 aromatic rings. The van der Waals surface area contributed by atoms with E-state index in [0.717, 1.165) is 23.9 Å². The summed E-state index contributed by atoms with van der Waals surface area (Å²) in [5.74, 6) is 0.813. The van der Waals surface area contributed by atoms with E-state index in [2.05, 4.69) is 60.0 Å². The molecule has 1 aliphatic heterocycles. The molecule has 2 aromatic carbocycles. The van der Waals surface area contributed by atoms with Crippen LogP contribution in [0, 0.1) is 5.92 Å². The molecular formula is C21H20ClN. The second kappa shape index (κ2) is 5.90. The first-order chi connectivity index (χ1) is 11.2. The minimum Gasteiger partial charge on any atom is -0.345 e. The molecule has 1 fully saturated rings.